The zero-order valence-electron chi connectivity index (χ0n) is 11.0. The van der Waals surface area contributed by atoms with Gasteiger partial charge in [0, 0.05) is 24.1 Å². The SMILES string of the molecule is COC(=O)CC1CN(Cc2ccccc2Br)CCO1. The molecule has 1 unspecified atom stereocenters. The molecule has 4 nitrogen and oxygen atoms in total. The van der Waals surface area contributed by atoms with Crippen molar-refractivity contribution < 1.29 is 14.3 Å². The molecule has 1 aromatic carbocycles. The normalized spacial score (nSPS) is 20.2. The Hall–Kier alpha value is -0.910. The summed E-state index contributed by atoms with van der Waals surface area (Å²) in [4.78, 5) is 13.6. The average molecular weight is 328 g/mol. The van der Waals surface area contributed by atoms with Crippen LogP contribution in [0, 0.1) is 0 Å². The van der Waals surface area contributed by atoms with Gasteiger partial charge in [-0.05, 0) is 11.6 Å². The number of methoxy groups -OCH3 is 1. The highest BCUT2D eigenvalue weighted by Gasteiger charge is 2.23. The molecule has 1 aliphatic heterocycles. The first-order valence-corrected chi connectivity index (χ1v) is 7.12. The van der Waals surface area contributed by atoms with Gasteiger partial charge >= 0.3 is 5.97 Å². The molecule has 1 atom stereocenters. The van der Waals surface area contributed by atoms with E-state index < -0.39 is 0 Å². The van der Waals surface area contributed by atoms with Gasteiger partial charge in [-0.25, -0.2) is 0 Å². The smallest absolute Gasteiger partial charge is 0.308 e. The number of nitrogens with zero attached hydrogens (tertiary/aromatic N) is 1. The van der Waals surface area contributed by atoms with E-state index in [2.05, 4.69) is 31.6 Å². The lowest BCUT2D eigenvalue weighted by atomic mass is 10.1. The molecular weight excluding hydrogens is 310 g/mol. The second-order valence-corrected chi connectivity index (χ2v) is 5.45. The van der Waals surface area contributed by atoms with Crippen molar-refractivity contribution >= 4 is 21.9 Å². The van der Waals surface area contributed by atoms with E-state index in [4.69, 9.17) is 4.74 Å². The van der Waals surface area contributed by atoms with Crippen molar-refractivity contribution in [2.75, 3.05) is 26.8 Å². The second-order valence-electron chi connectivity index (χ2n) is 4.60. The zero-order chi connectivity index (χ0) is 13.7. The molecule has 1 heterocycles. The van der Waals surface area contributed by atoms with Gasteiger partial charge in [0.15, 0.2) is 0 Å². The Labute approximate surface area is 121 Å². The van der Waals surface area contributed by atoms with Crippen LogP contribution in [0.4, 0.5) is 0 Å². The van der Waals surface area contributed by atoms with Gasteiger partial charge in [0.05, 0.1) is 26.2 Å². The van der Waals surface area contributed by atoms with Gasteiger partial charge in [0.1, 0.15) is 0 Å². The molecule has 0 bridgehead atoms. The molecular formula is C14H18BrNO3. The summed E-state index contributed by atoms with van der Waals surface area (Å²) in [6.45, 7) is 3.17. The van der Waals surface area contributed by atoms with Crippen LogP contribution < -0.4 is 0 Å². The number of carbonyl (C=O) groups is 1. The molecule has 2 rings (SSSR count). The van der Waals surface area contributed by atoms with Crippen LogP contribution in [0.1, 0.15) is 12.0 Å². The van der Waals surface area contributed by atoms with Gasteiger partial charge < -0.3 is 9.47 Å². The number of esters is 1. The Morgan fingerprint density at radius 1 is 1.53 bits per heavy atom. The maximum atomic E-state index is 11.3. The van der Waals surface area contributed by atoms with E-state index in [0.29, 0.717) is 13.0 Å². The number of ether oxygens (including phenoxy) is 2. The highest BCUT2D eigenvalue weighted by Crippen LogP contribution is 2.19. The van der Waals surface area contributed by atoms with E-state index in [9.17, 15) is 4.79 Å². The predicted octanol–water partition coefficient (Wildman–Crippen LogP) is 2.21. The van der Waals surface area contributed by atoms with Crippen LogP contribution in [0.3, 0.4) is 0 Å². The van der Waals surface area contributed by atoms with Crippen LogP contribution in [0.2, 0.25) is 0 Å². The Kier molecular flexibility index (Phi) is 5.36. The Morgan fingerprint density at radius 2 is 2.32 bits per heavy atom. The maximum Gasteiger partial charge on any atom is 0.308 e. The summed E-state index contributed by atoms with van der Waals surface area (Å²) in [6.07, 6.45) is 0.256. The number of halogens is 1. The number of hydrogen-bond acceptors (Lipinski definition) is 4. The number of benzene rings is 1. The summed E-state index contributed by atoms with van der Waals surface area (Å²) in [6, 6.07) is 8.19. The van der Waals surface area contributed by atoms with E-state index in [1.165, 1.54) is 12.7 Å². The molecule has 1 aromatic rings. The lowest BCUT2D eigenvalue weighted by molar-refractivity contribution is -0.145. The van der Waals surface area contributed by atoms with Crippen LogP contribution in [0.25, 0.3) is 0 Å². The fourth-order valence-corrected chi connectivity index (χ4v) is 2.59. The van der Waals surface area contributed by atoms with Crippen LogP contribution in [0.15, 0.2) is 28.7 Å². The van der Waals surface area contributed by atoms with Crippen LogP contribution >= 0.6 is 15.9 Å². The van der Waals surface area contributed by atoms with Crippen molar-refractivity contribution in [1.29, 1.82) is 0 Å². The van der Waals surface area contributed by atoms with E-state index in [1.54, 1.807) is 0 Å². The van der Waals surface area contributed by atoms with E-state index >= 15 is 0 Å². The van der Waals surface area contributed by atoms with Crippen molar-refractivity contribution in [3.63, 3.8) is 0 Å². The average Bonchev–Trinajstić information content (AvgIpc) is 2.42. The van der Waals surface area contributed by atoms with Crippen LogP contribution in [0.5, 0.6) is 0 Å². The molecule has 0 aromatic heterocycles. The first-order chi connectivity index (χ1) is 9.19. The van der Waals surface area contributed by atoms with Gasteiger partial charge in [0.2, 0.25) is 0 Å². The van der Waals surface area contributed by atoms with Crippen molar-refractivity contribution in [3.8, 4) is 0 Å². The molecule has 0 amide bonds. The van der Waals surface area contributed by atoms with Gasteiger partial charge in [-0.1, -0.05) is 34.1 Å². The Balaban J connectivity index is 1.91. The summed E-state index contributed by atoms with van der Waals surface area (Å²) in [5, 5.41) is 0. The minimum absolute atomic E-state index is 0.0660. The minimum atomic E-state index is -0.215. The number of morpholine rings is 1. The molecule has 5 heteroatoms. The van der Waals surface area contributed by atoms with Gasteiger partial charge in [-0.15, -0.1) is 0 Å². The first-order valence-electron chi connectivity index (χ1n) is 6.33. The number of hydrogen-bond donors (Lipinski definition) is 0. The molecule has 1 aliphatic rings. The Bertz CT molecular complexity index is 438. The standard InChI is InChI=1S/C14H18BrNO3/c1-18-14(17)8-12-10-16(6-7-19-12)9-11-4-2-3-5-13(11)15/h2-5,12H,6-10H2,1H3. The minimum Gasteiger partial charge on any atom is -0.469 e. The van der Waals surface area contributed by atoms with Crippen molar-refractivity contribution in [3.05, 3.63) is 34.3 Å². The third-order valence-corrected chi connectivity index (χ3v) is 3.97. The van der Waals surface area contributed by atoms with Crippen molar-refractivity contribution in [1.82, 2.24) is 4.90 Å². The monoisotopic (exact) mass is 327 g/mol. The molecule has 0 N–H and O–H groups in total. The fourth-order valence-electron chi connectivity index (χ4n) is 2.18. The van der Waals surface area contributed by atoms with E-state index in [0.717, 1.165) is 24.1 Å². The van der Waals surface area contributed by atoms with Crippen LogP contribution in [-0.2, 0) is 20.8 Å². The molecule has 1 saturated heterocycles. The molecule has 0 radical (unpaired) electrons. The van der Waals surface area contributed by atoms with Gasteiger partial charge in [0.25, 0.3) is 0 Å². The third-order valence-electron chi connectivity index (χ3n) is 3.20. The third kappa shape index (κ3) is 4.30. The van der Waals surface area contributed by atoms with Gasteiger partial charge in [-0.3, -0.25) is 9.69 Å². The summed E-state index contributed by atoms with van der Waals surface area (Å²) in [7, 11) is 1.41. The summed E-state index contributed by atoms with van der Waals surface area (Å²) in [5.74, 6) is -0.215. The predicted molar refractivity (Wildman–Crippen MR) is 75.8 cm³/mol. The summed E-state index contributed by atoms with van der Waals surface area (Å²) < 4.78 is 11.4. The van der Waals surface area contributed by atoms with Gasteiger partial charge in [-0.2, -0.15) is 0 Å². The molecule has 0 spiro atoms. The largest absolute Gasteiger partial charge is 0.469 e. The highest BCUT2D eigenvalue weighted by molar-refractivity contribution is 9.10. The quantitative estimate of drug-likeness (QED) is 0.795. The molecule has 1 fully saturated rings. The topological polar surface area (TPSA) is 38.8 Å². The highest BCUT2D eigenvalue weighted by atomic mass is 79.9. The molecule has 0 aliphatic carbocycles. The summed E-state index contributed by atoms with van der Waals surface area (Å²) >= 11 is 3.56. The maximum absolute atomic E-state index is 11.3. The van der Waals surface area contributed by atoms with E-state index in [-0.39, 0.29) is 12.1 Å². The summed E-state index contributed by atoms with van der Waals surface area (Å²) in [5.41, 5.74) is 1.25. The van der Waals surface area contributed by atoms with Crippen molar-refractivity contribution in [2.24, 2.45) is 0 Å². The van der Waals surface area contributed by atoms with Crippen LogP contribution in [-0.4, -0.2) is 43.8 Å². The number of carbonyl (C=O) groups excluding carboxylic acids is 1. The Morgan fingerprint density at radius 3 is 3.05 bits per heavy atom. The lowest BCUT2D eigenvalue weighted by Gasteiger charge is -2.32. The first kappa shape index (κ1) is 14.5. The molecule has 104 valence electrons. The van der Waals surface area contributed by atoms with E-state index in [1.807, 2.05) is 18.2 Å². The lowest BCUT2D eigenvalue weighted by Crippen LogP contribution is -2.42. The van der Waals surface area contributed by atoms with Crippen molar-refractivity contribution in [2.45, 2.75) is 19.1 Å². The molecule has 0 saturated carbocycles. The molecule has 19 heavy (non-hydrogen) atoms. The number of rotatable bonds is 4. The second kappa shape index (κ2) is 7.03. The fraction of sp³-hybridized carbons (Fsp3) is 0.500. The zero-order valence-corrected chi connectivity index (χ0v) is 12.6.